The molecule has 0 unspecified atom stereocenters. The predicted molar refractivity (Wildman–Crippen MR) is 54.2 cm³/mol. The third-order valence-electron chi connectivity index (χ3n) is 1.60. The van der Waals surface area contributed by atoms with Crippen molar-refractivity contribution < 1.29 is 10.2 Å². The quantitative estimate of drug-likeness (QED) is 0.566. The minimum Gasteiger partial charge on any atom is -0.395 e. The van der Waals surface area contributed by atoms with Gasteiger partial charge in [0.1, 0.15) is 0 Å². The lowest BCUT2D eigenvalue weighted by Crippen LogP contribution is -2.28. The average molecular weight is 183 g/mol. The Hall–Kier alpha value is -1.06. The Morgan fingerprint density at radius 2 is 1.69 bits per heavy atom. The lowest BCUT2D eigenvalue weighted by molar-refractivity contribution is 0.192. The monoisotopic (exact) mass is 183 g/mol. The number of rotatable bonds is 7. The van der Waals surface area contributed by atoms with Crippen LogP contribution in [0.5, 0.6) is 0 Å². The van der Waals surface area contributed by atoms with Crippen LogP contribution in [0, 0.1) is 0 Å². The van der Waals surface area contributed by atoms with E-state index in [1.165, 1.54) is 0 Å². The van der Waals surface area contributed by atoms with Gasteiger partial charge in [0.2, 0.25) is 0 Å². The molecule has 0 aliphatic heterocycles. The normalized spacial score (nSPS) is 11.1. The standard InChI is InChI=1S/C10H17NO2/c1-3-5-10(4-2)11(6-8-12)7-9-13/h3-5,12-13H,1-2,6-9H2/b10-5+. The molecule has 0 fully saturated rings. The molecule has 0 radical (unpaired) electrons. The largest absolute Gasteiger partial charge is 0.395 e. The Bertz CT molecular complexity index is 181. The molecule has 0 amide bonds. The van der Waals surface area contributed by atoms with Gasteiger partial charge < -0.3 is 15.1 Å². The first-order chi connectivity index (χ1) is 6.29. The number of hydrogen-bond acceptors (Lipinski definition) is 3. The molecule has 0 atom stereocenters. The minimum atomic E-state index is 0.0579. The maximum atomic E-state index is 8.77. The molecular formula is C10H17NO2. The smallest absolute Gasteiger partial charge is 0.0606 e. The molecule has 0 aromatic rings. The van der Waals surface area contributed by atoms with Crippen molar-refractivity contribution in [2.45, 2.75) is 0 Å². The highest BCUT2D eigenvalue weighted by molar-refractivity contribution is 5.19. The zero-order valence-electron chi connectivity index (χ0n) is 7.82. The number of aliphatic hydroxyl groups excluding tert-OH is 2. The van der Waals surface area contributed by atoms with Gasteiger partial charge in [-0.05, 0) is 12.2 Å². The molecule has 74 valence electrons. The van der Waals surface area contributed by atoms with Crippen LogP contribution >= 0.6 is 0 Å². The van der Waals surface area contributed by atoms with Crippen molar-refractivity contribution in [3.63, 3.8) is 0 Å². The van der Waals surface area contributed by atoms with E-state index >= 15 is 0 Å². The summed E-state index contributed by atoms with van der Waals surface area (Å²) in [4.78, 5) is 1.84. The van der Waals surface area contributed by atoms with Crippen LogP contribution in [0.2, 0.25) is 0 Å². The van der Waals surface area contributed by atoms with E-state index in [1.54, 1.807) is 18.2 Å². The summed E-state index contributed by atoms with van der Waals surface area (Å²) >= 11 is 0. The highest BCUT2D eigenvalue weighted by Crippen LogP contribution is 2.04. The molecule has 0 bridgehead atoms. The fourth-order valence-corrected chi connectivity index (χ4v) is 1.03. The first-order valence-electron chi connectivity index (χ1n) is 4.22. The lowest BCUT2D eigenvalue weighted by Gasteiger charge is -2.23. The summed E-state index contributed by atoms with van der Waals surface area (Å²) in [5.74, 6) is 0. The van der Waals surface area contributed by atoms with E-state index in [9.17, 15) is 0 Å². The summed E-state index contributed by atoms with van der Waals surface area (Å²) in [6.07, 6.45) is 5.12. The lowest BCUT2D eigenvalue weighted by atomic mass is 10.3. The average Bonchev–Trinajstić information content (AvgIpc) is 2.14. The van der Waals surface area contributed by atoms with E-state index in [2.05, 4.69) is 13.2 Å². The number of hydrogen-bond donors (Lipinski definition) is 2. The molecule has 13 heavy (non-hydrogen) atoms. The molecule has 0 heterocycles. The van der Waals surface area contributed by atoms with Crippen LogP contribution in [-0.2, 0) is 0 Å². The van der Waals surface area contributed by atoms with Crippen LogP contribution in [0.1, 0.15) is 0 Å². The van der Waals surface area contributed by atoms with E-state index in [0.29, 0.717) is 13.1 Å². The summed E-state index contributed by atoms with van der Waals surface area (Å²) in [6, 6.07) is 0. The molecule has 0 aliphatic carbocycles. The van der Waals surface area contributed by atoms with Gasteiger partial charge in [-0.25, -0.2) is 0 Å². The molecule has 0 aromatic carbocycles. The molecule has 0 rings (SSSR count). The first kappa shape index (κ1) is 11.9. The van der Waals surface area contributed by atoms with E-state index < -0.39 is 0 Å². The van der Waals surface area contributed by atoms with Crippen molar-refractivity contribution in [2.24, 2.45) is 0 Å². The molecule has 0 aliphatic rings. The van der Waals surface area contributed by atoms with Gasteiger partial charge in [0, 0.05) is 18.8 Å². The molecule has 0 spiro atoms. The van der Waals surface area contributed by atoms with Crippen molar-refractivity contribution in [2.75, 3.05) is 26.3 Å². The second-order valence-electron chi connectivity index (χ2n) is 2.47. The van der Waals surface area contributed by atoms with Crippen LogP contribution in [0.3, 0.4) is 0 Å². The number of nitrogens with zero attached hydrogens (tertiary/aromatic N) is 1. The van der Waals surface area contributed by atoms with Gasteiger partial charge in [-0.1, -0.05) is 19.2 Å². The van der Waals surface area contributed by atoms with E-state index in [-0.39, 0.29) is 13.2 Å². The van der Waals surface area contributed by atoms with E-state index in [1.807, 2.05) is 4.90 Å². The van der Waals surface area contributed by atoms with Crippen LogP contribution in [0.25, 0.3) is 0 Å². The zero-order chi connectivity index (χ0) is 10.1. The Morgan fingerprint density at radius 1 is 1.15 bits per heavy atom. The predicted octanol–water partition coefficient (Wildman–Crippen LogP) is 0.529. The Kier molecular flexibility index (Phi) is 6.96. The number of aliphatic hydroxyl groups is 2. The third-order valence-corrected chi connectivity index (χ3v) is 1.60. The van der Waals surface area contributed by atoms with Gasteiger partial charge in [-0.15, -0.1) is 0 Å². The molecular weight excluding hydrogens is 166 g/mol. The van der Waals surface area contributed by atoms with Crippen LogP contribution in [0.15, 0.2) is 37.1 Å². The van der Waals surface area contributed by atoms with Gasteiger partial charge in [-0.3, -0.25) is 0 Å². The van der Waals surface area contributed by atoms with Gasteiger partial charge in [0.05, 0.1) is 13.2 Å². The fraction of sp³-hybridized carbons (Fsp3) is 0.400. The SMILES string of the molecule is C=C/C=C(\C=C)N(CCO)CCO. The van der Waals surface area contributed by atoms with Crippen molar-refractivity contribution in [3.8, 4) is 0 Å². The third kappa shape index (κ3) is 4.50. The van der Waals surface area contributed by atoms with Crippen LogP contribution in [-0.4, -0.2) is 41.4 Å². The highest BCUT2D eigenvalue weighted by atomic mass is 16.3. The molecule has 2 N–H and O–H groups in total. The molecule has 0 saturated carbocycles. The van der Waals surface area contributed by atoms with Gasteiger partial charge in [0.15, 0.2) is 0 Å². The molecule has 3 heteroatoms. The second-order valence-corrected chi connectivity index (χ2v) is 2.47. The van der Waals surface area contributed by atoms with E-state index in [4.69, 9.17) is 10.2 Å². The topological polar surface area (TPSA) is 43.7 Å². The minimum absolute atomic E-state index is 0.0579. The zero-order valence-corrected chi connectivity index (χ0v) is 7.82. The van der Waals surface area contributed by atoms with Crippen molar-refractivity contribution in [3.05, 3.63) is 37.1 Å². The van der Waals surface area contributed by atoms with Crippen LogP contribution < -0.4 is 0 Å². The summed E-state index contributed by atoms with van der Waals surface area (Å²) < 4.78 is 0. The summed E-state index contributed by atoms with van der Waals surface area (Å²) in [5, 5.41) is 17.5. The van der Waals surface area contributed by atoms with Crippen LogP contribution in [0.4, 0.5) is 0 Å². The van der Waals surface area contributed by atoms with E-state index in [0.717, 1.165) is 5.70 Å². The van der Waals surface area contributed by atoms with Gasteiger partial charge in [0.25, 0.3) is 0 Å². The highest BCUT2D eigenvalue weighted by Gasteiger charge is 2.03. The van der Waals surface area contributed by atoms with Gasteiger partial charge >= 0.3 is 0 Å². The van der Waals surface area contributed by atoms with Crippen molar-refractivity contribution >= 4 is 0 Å². The fourth-order valence-electron chi connectivity index (χ4n) is 1.03. The Morgan fingerprint density at radius 3 is 2.00 bits per heavy atom. The maximum absolute atomic E-state index is 8.77. The molecule has 0 aromatic heterocycles. The molecule has 0 saturated heterocycles. The second kappa shape index (κ2) is 7.58. The maximum Gasteiger partial charge on any atom is 0.0606 e. The summed E-state index contributed by atoms with van der Waals surface area (Å²) in [6.45, 7) is 8.32. The first-order valence-corrected chi connectivity index (χ1v) is 4.22. The summed E-state index contributed by atoms with van der Waals surface area (Å²) in [5.41, 5.74) is 0.859. The van der Waals surface area contributed by atoms with Crippen molar-refractivity contribution in [1.29, 1.82) is 0 Å². The Balaban J connectivity index is 4.37. The van der Waals surface area contributed by atoms with Crippen molar-refractivity contribution in [1.82, 2.24) is 4.90 Å². The molecule has 3 nitrogen and oxygen atoms in total. The Labute approximate surface area is 79.3 Å². The number of allylic oxidation sites excluding steroid dienone is 3. The van der Waals surface area contributed by atoms with Gasteiger partial charge in [-0.2, -0.15) is 0 Å². The summed E-state index contributed by atoms with van der Waals surface area (Å²) in [7, 11) is 0.